The van der Waals surface area contributed by atoms with Crippen molar-refractivity contribution in [1.82, 2.24) is 4.98 Å². The number of nitrogens with two attached hydrogens (primary N) is 1. The van der Waals surface area contributed by atoms with Crippen LogP contribution in [0.1, 0.15) is 17.7 Å². The third kappa shape index (κ3) is 2.60. The molecule has 3 heteroatoms. The first-order valence-corrected chi connectivity index (χ1v) is 3.99. The molecule has 1 aromatic heterocycles. The molecule has 0 fully saturated rings. The molecule has 0 radical (unpaired) electrons. The molecule has 1 heterocycles. The van der Waals surface area contributed by atoms with Gasteiger partial charge in [-0.2, -0.15) is 5.26 Å². The van der Waals surface area contributed by atoms with Crippen molar-refractivity contribution in [3.63, 3.8) is 0 Å². The van der Waals surface area contributed by atoms with E-state index in [4.69, 9.17) is 11.0 Å². The fraction of sp³-hybridized carbons (Fsp3) is 0.200. The number of anilines is 1. The predicted molar refractivity (Wildman–Crippen MR) is 52.7 cm³/mol. The Morgan fingerprint density at radius 1 is 1.69 bits per heavy atom. The lowest BCUT2D eigenvalue weighted by Gasteiger charge is -1.98. The molecule has 0 bridgehead atoms. The van der Waals surface area contributed by atoms with Gasteiger partial charge in [-0.05, 0) is 18.6 Å². The van der Waals surface area contributed by atoms with Crippen LogP contribution in [-0.2, 0) is 0 Å². The molecule has 0 spiro atoms. The van der Waals surface area contributed by atoms with Crippen LogP contribution in [0.5, 0.6) is 0 Å². The maximum absolute atomic E-state index is 8.30. The van der Waals surface area contributed by atoms with Crippen LogP contribution < -0.4 is 5.73 Å². The summed E-state index contributed by atoms with van der Waals surface area (Å²) < 4.78 is 0. The highest BCUT2D eigenvalue weighted by molar-refractivity contribution is 5.55. The number of hydrogen-bond donors (Lipinski definition) is 1. The average molecular weight is 173 g/mol. The van der Waals surface area contributed by atoms with E-state index in [1.54, 1.807) is 12.3 Å². The largest absolute Gasteiger partial charge is 0.397 e. The lowest BCUT2D eigenvalue weighted by Crippen LogP contribution is -1.92. The Hall–Kier alpha value is -1.82. The first-order valence-electron chi connectivity index (χ1n) is 3.99. The molecule has 1 rings (SSSR count). The number of nitrogen functional groups attached to an aromatic ring is 1. The zero-order valence-electron chi connectivity index (χ0n) is 7.49. The Morgan fingerprint density at radius 3 is 3.08 bits per heavy atom. The summed E-state index contributed by atoms with van der Waals surface area (Å²) in [5.41, 5.74) is 8.10. The van der Waals surface area contributed by atoms with E-state index in [2.05, 4.69) is 4.98 Å². The van der Waals surface area contributed by atoms with Crippen LogP contribution in [0.15, 0.2) is 18.3 Å². The molecule has 0 unspecified atom stereocenters. The third-order valence-corrected chi connectivity index (χ3v) is 1.67. The van der Waals surface area contributed by atoms with E-state index in [9.17, 15) is 0 Å². The van der Waals surface area contributed by atoms with Crippen LogP contribution in [0, 0.1) is 18.3 Å². The highest BCUT2D eigenvalue weighted by Crippen LogP contribution is 2.10. The number of pyridine rings is 1. The summed E-state index contributed by atoms with van der Waals surface area (Å²) in [6, 6.07) is 3.87. The van der Waals surface area contributed by atoms with Crippen LogP contribution in [0.4, 0.5) is 5.69 Å². The van der Waals surface area contributed by atoms with Crippen LogP contribution in [0.3, 0.4) is 0 Å². The van der Waals surface area contributed by atoms with E-state index in [-0.39, 0.29) is 0 Å². The Labute approximate surface area is 77.5 Å². The highest BCUT2D eigenvalue weighted by atomic mass is 14.7. The van der Waals surface area contributed by atoms with Gasteiger partial charge >= 0.3 is 0 Å². The third-order valence-electron chi connectivity index (χ3n) is 1.67. The molecule has 13 heavy (non-hydrogen) atoms. The molecule has 0 aliphatic rings. The minimum absolute atomic E-state index is 0.410. The number of allylic oxidation sites excluding steroid dienone is 1. The summed E-state index contributed by atoms with van der Waals surface area (Å²) in [4.78, 5) is 4.10. The molecule has 0 aromatic carbocycles. The Morgan fingerprint density at radius 2 is 2.46 bits per heavy atom. The van der Waals surface area contributed by atoms with Gasteiger partial charge in [0, 0.05) is 6.20 Å². The van der Waals surface area contributed by atoms with Crippen LogP contribution in [-0.4, -0.2) is 4.98 Å². The minimum Gasteiger partial charge on any atom is -0.397 e. The molecule has 66 valence electrons. The summed E-state index contributed by atoms with van der Waals surface area (Å²) in [6.45, 7) is 1.86. The molecule has 2 N–H and O–H groups in total. The van der Waals surface area contributed by atoms with Crippen molar-refractivity contribution < 1.29 is 0 Å². The van der Waals surface area contributed by atoms with Gasteiger partial charge < -0.3 is 5.73 Å². The van der Waals surface area contributed by atoms with Crippen LogP contribution in [0.25, 0.3) is 6.08 Å². The number of aromatic nitrogens is 1. The fourth-order valence-corrected chi connectivity index (χ4v) is 0.906. The first kappa shape index (κ1) is 9.27. The molecule has 0 aliphatic carbocycles. The monoisotopic (exact) mass is 173 g/mol. The lowest BCUT2D eigenvalue weighted by atomic mass is 10.2. The smallest absolute Gasteiger partial charge is 0.0663 e. The van der Waals surface area contributed by atoms with Crippen molar-refractivity contribution in [1.29, 1.82) is 5.26 Å². The zero-order chi connectivity index (χ0) is 9.68. The van der Waals surface area contributed by atoms with Gasteiger partial charge in [0.05, 0.1) is 23.9 Å². The van der Waals surface area contributed by atoms with Crippen LogP contribution >= 0.6 is 0 Å². The van der Waals surface area contributed by atoms with Gasteiger partial charge in [-0.3, -0.25) is 4.98 Å². The quantitative estimate of drug-likeness (QED) is 0.742. The van der Waals surface area contributed by atoms with Crippen molar-refractivity contribution in [2.24, 2.45) is 0 Å². The maximum Gasteiger partial charge on any atom is 0.0663 e. The Kier molecular flexibility index (Phi) is 3.04. The number of nitrogens with zero attached hydrogens (tertiary/aromatic N) is 2. The van der Waals surface area contributed by atoms with E-state index in [0.29, 0.717) is 12.1 Å². The average Bonchev–Trinajstić information content (AvgIpc) is 2.12. The molecule has 0 aliphatic heterocycles. The Bertz CT molecular complexity index is 361. The van der Waals surface area contributed by atoms with E-state index >= 15 is 0 Å². The molecule has 0 atom stereocenters. The van der Waals surface area contributed by atoms with Gasteiger partial charge in [-0.1, -0.05) is 12.2 Å². The zero-order valence-corrected chi connectivity index (χ0v) is 7.49. The van der Waals surface area contributed by atoms with Crippen molar-refractivity contribution in [2.75, 3.05) is 5.73 Å². The number of aryl methyl sites for hydroxylation is 1. The van der Waals surface area contributed by atoms with Crippen molar-refractivity contribution in [3.05, 3.63) is 29.6 Å². The summed E-state index contributed by atoms with van der Waals surface area (Å²) in [5, 5.41) is 8.30. The number of rotatable bonds is 2. The van der Waals surface area contributed by atoms with E-state index in [1.165, 1.54) is 0 Å². The number of hydrogen-bond acceptors (Lipinski definition) is 3. The summed E-state index contributed by atoms with van der Waals surface area (Å²) in [7, 11) is 0. The normalized spacial score (nSPS) is 10.2. The van der Waals surface area contributed by atoms with Gasteiger partial charge in [-0.15, -0.1) is 0 Å². The van der Waals surface area contributed by atoms with Crippen molar-refractivity contribution >= 4 is 11.8 Å². The summed E-state index contributed by atoms with van der Waals surface area (Å²) >= 11 is 0. The van der Waals surface area contributed by atoms with E-state index in [1.807, 2.05) is 25.1 Å². The SMILES string of the molecule is Cc1ncc(C=CCC#N)cc1N. The highest BCUT2D eigenvalue weighted by Gasteiger charge is 1.93. The second-order valence-electron chi connectivity index (χ2n) is 2.71. The molecule has 1 aromatic rings. The van der Waals surface area contributed by atoms with Gasteiger partial charge in [0.15, 0.2) is 0 Å². The number of nitriles is 1. The standard InChI is InChI=1S/C10H11N3/c1-8-10(12)6-9(7-13-8)4-2-3-5-11/h2,4,6-7H,3,12H2,1H3. The van der Waals surface area contributed by atoms with E-state index in [0.717, 1.165) is 11.3 Å². The van der Waals surface area contributed by atoms with Crippen molar-refractivity contribution in [3.8, 4) is 6.07 Å². The molecule has 3 nitrogen and oxygen atoms in total. The summed E-state index contributed by atoms with van der Waals surface area (Å²) in [5.74, 6) is 0. The maximum atomic E-state index is 8.30. The lowest BCUT2D eigenvalue weighted by molar-refractivity contribution is 1.20. The fourth-order valence-electron chi connectivity index (χ4n) is 0.906. The van der Waals surface area contributed by atoms with Gasteiger partial charge in [0.1, 0.15) is 0 Å². The first-order chi connectivity index (χ1) is 6.24. The second kappa shape index (κ2) is 4.27. The van der Waals surface area contributed by atoms with Crippen molar-refractivity contribution in [2.45, 2.75) is 13.3 Å². The van der Waals surface area contributed by atoms with Gasteiger partial charge in [-0.25, -0.2) is 0 Å². The molecule has 0 amide bonds. The topological polar surface area (TPSA) is 62.7 Å². The van der Waals surface area contributed by atoms with Crippen LogP contribution in [0.2, 0.25) is 0 Å². The molecule has 0 saturated heterocycles. The predicted octanol–water partition coefficient (Wildman–Crippen LogP) is 1.90. The minimum atomic E-state index is 0.410. The molecule has 0 saturated carbocycles. The van der Waals surface area contributed by atoms with Gasteiger partial charge in [0.25, 0.3) is 0 Å². The summed E-state index contributed by atoms with van der Waals surface area (Å²) in [6.07, 6.45) is 5.77. The van der Waals surface area contributed by atoms with Gasteiger partial charge in [0.2, 0.25) is 0 Å². The second-order valence-corrected chi connectivity index (χ2v) is 2.71. The Balaban J connectivity index is 2.81. The molecular weight excluding hydrogens is 162 g/mol. The molecular formula is C10H11N3. The van der Waals surface area contributed by atoms with E-state index < -0.39 is 0 Å².